The fourth-order valence-electron chi connectivity index (χ4n) is 3.60. The molecule has 0 saturated heterocycles. The standard InChI is InChI=1S/C23H21BO6/c1-15-10-19(12-20-23(15)21(13-22(25)26)30-24(20)27)29-18-9-5-8-17(11-18)28-14-16-6-3-2-4-7-16/h2-12,21,27H,13-14H2,1H3,(H,25,26). The molecule has 1 atom stereocenters. The molecule has 1 heterocycles. The number of carboxylic acids is 1. The van der Waals surface area contributed by atoms with Crippen molar-refractivity contribution < 1.29 is 29.1 Å². The van der Waals surface area contributed by atoms with Crippen LogP contribution in [0.1, 0.15) is 29.2 Å². The Labute approximate surface area is 174 Å². The lowest BCUT2D eigenvalue weighted by Gasteiger charge is -2.14. The molecule has 0 fully saturated rings. The van der Waals surface area contributed by atoms with Gasteiger partial charge in [0.15, 0.2) is 0 Å². The van der Waals surface area contributed by atoms with Gasteiger partial charge in [-0.2, -0.15) is 0 Å². The van der Waals surface area contributed by atoms with Crippen molar-refractivity contribution in [3.05, 3.63) is 83.4 Å². The molecule has 3 aromatic rings. The number of hydrogen-bond acceptors (Lipinski definition) is 5. The third-order valence-corrected chi connectivity index (χ3v) is 4.92. The summed E-state index contributed by atoms with van der Waals surface area (Å²) in [5, 5.41) is 19.3. The molecule has 152 valence electrons. The van der Waals surface area contributed by atoms with E-state index in [1.165, 1.54) is 0 Å². The number of ether oxygens (including phenoxy) is 2. The van der Waals surface area contributed by atoms with Gasteiger partial charge in [-0.05, 0) is 53.3 Å². The van der Waals surface area contributed by atoms with E-state index < -0.39 is 19.2 Å². The number of fused-ring (bicyclic) bond motifs is 1. The average Bonchev–Trinajstić information content (AvgIpc) is 3.02. The van der Waals surface area contributed by atoms with Gasteiger partial charge in [0.1, 0.15) is 23.9 Å². The topological polar surface area (TPSA) is 85.2 Å². The van der Waals surface area contributed by atoms with Gasteiger partial charge in [-0.15, -0.1) is 0 Å². The molecule has 0 aromatic heterocycles. The fourth-order valence-corrected chi connectivity index (χ4v) is 3.60. The van der Waals surface area contributed by atoms with Gasteiger partial charge in [0.05, 0.1) is 12.5 Å². The molecular formula is C23H21BO6. The Morgan fingerprint density at radius 3 is 2.57 bits per heavy atom. The number of aryl methyl sites for hydroxylation is 1. The highest BCUT2D eigenvalue weighted by Gasteiger charge is 2.37. The first-order chi connectivity index (χ1) is 14.5. The van der Waals surface area contributed by atoms with E-state index in [2.05, 4.69) is 0 Å². The van der Waals surface area contributed by atoms with Gasteiger partial charge in [0, 0.05) is 6.07 Å². The molecule has 30 heavy (non-hydrogen) atoms. The predicted molar refractivity (Wildman–Crippen MR) is 112 cm³/mol. The molecule has 2 N–H and O–H groups in total. The van der Waals surface area contributed by atoms with Gasteiger partial charge in [-0.3, -0.25) is 4.79 Å². The van der Waals surface area contributed by atoms with Crippen molar-refractivity contribution in [2.24, 2.45) is 0 Å². The number of rotatable bonds is 7. The second-order valence-electron chi connectivity index (χ2n) is 7.17. The summed E-state index contributed by atoms with van der Waals surface area (Å²) in [5.41, 5.74) is 3.12. The van der Waals surface area contributed by atoms with Crippen LogP contribution in [0, 0.1) is 6.92 Å². The molecular weight excluding hydrogens is 383 g/mol. The van der Waals surface area contributed by atoms with Gasteiger partial charge < -0.3 is 24.3 Å². The van der Waals surface area contributed by atoms with Crippen molar-refractivity contribution >= 4 is 18.6 Å². The minimum Gasteiger partial charge on any atom is -0.489 e. The Kier molecular flexibility index (Phi) is 5.74. The van der Waals surface area contributed by atoms with Crippen molar-refractivity contribution in [2.75, 3.05) is 0 Å². The Bertz CT molecular complexity index is 1050. The fraction of sp³-hybridized carbons (Fsp3) is 0.174. The van der Waals surface area contributed by atoms with Crippen molar-refractivity contribution in [3.8, 4) is 17.2 Å². The largest absolute Gasteiger partial charge is 0.492 e. The summed E-state index contributed by atoms with van der Waals surface area (Å²) in [7, 11) is -1.17. The second-order valence-corrected chi connectivity index (χ2v) is 7.17. The third-order valence-electron chi connectivity index (χ3n) is 4.92. The summed E-state index contributed by atoms with van der Waals surface area (Å²) in [6.07, 6.45) is -0.873. The smallest absolute Gasteiger partial charge is 0.489 e. The molecule has 0 aliphatic carbocycles. The van der Waals surface area contributed by atoms with Crippen molar-refractivity contribution in [2.45, 2.75) is 26.1 Å². The molecule has 0 spiro atoms. The number of carboxylic acid groups (broad SMARTS) is 1. The van der Waals surface area contributed by atoms with E-state index in [4.69, 9.17) is 19.2 Å². The molecule has 0 bridgehead atoms. The Hall–Kier alpha value is -3.29. The molecule has 4 rings (SSSR count). The Morgan fingerprint density at radius 2 is 1.80 bits per heavy atom. The van der Waals surface area contributed by atoms with E-state index in [0.29, 0.717) is 34.9 Å². The summed E-state index contributed by atoms with van der Waals surface area (Å²) in [6, 6.07) is 20.7. The highest BCUT2D eigenvalue weighted by atomic mass is 16.5. The first kappa shape index (κ1) is 20.0. The third kappa shape index (κ3) is 4.48. The van der Waals surface area contributed by atoms with E-state index in [-0.39, 0.29) is 6.42 Å². The molecule has 1 unspecified atom stereocenters. The predicted octanol–water partition coefficient (Wildman–Crippen LogP) is 3.60. The zero-order valence-electron chi connectivity index (χ0n) is 16.4. The van der Waals surface area contributed by atoms with Crippen LogP contribution >= 0.6 is 0 Å². The molecule has 7 heteroatoms. The number of benzene rings is 3. The van der Waals surface area contributed by atoms with Gasteiger partial charge in [-0.1, -0.05) is 36.4 Å². The molecule has 3 aromatic carbocycles. The minimum absolute atomic E-state index is 0.202. The maximum Gasteiger partial charge on any atom is 0.492 e. The monoisotopic (exact) mass is 404 g/mol. The molecule has 6 nitrogen and oxygen atoms in total. The van der Waals surface area contributed by atoms with Crippen LogP contribution in [0.4, 0.5) is 0 Å². The lowest BCUT2D eigenvalue weighted by molar-refractivity contribution is -0.138. The highest BCUT2D eigenvalue weighted by Crippen LogP contribution is 2.33. The van der Waals surface area contributed by atoms with E-state index in [1.54, 1.807) is 12.1 Å². The van der Waals surface area contributed by atoms with Crippen LogP contribution in [0.25, 0.3) is 0 Å². The van der Waals surface area contributed by atoms with Crippen LogP contribution in [-0.4, -0.2) is 23.2 Å². The zero-order valence-corrected chi connectivity index (χ0v) is 16.4. The first-order valence-corrected chi connectivity index (χ1v) is 9.64. The van der Waals surface area contributed by atoms with Crippen molar-refractivity contribution in [3.63, 3.8) is 0 Å². The summed E-state index contributed by atoms with van der Waals surface area (Å²) >= 11 is 0. The SMILES string of the molecule is Cc1cc(Oc2cccc(OCc3ccccc3)c2)cc2c1C(CC(=O)O)OB2O. The molecule has 0 amide bonds. The van der Waals surface area contributed by atoms with Crippen LogP contribution in [0.2, 0.25) is 0 Å². The number of aliphatic carboxylic acids is 1. The lowest BCUT2D eigenvalue weighted by Crippen LogP contribution is -2.28. The van der Waals surface area contributed by atoms with Gasteiger partial charge in [0.25, 0.3) is 0 Å². The molecule has 1 aliphatic heterocycles. The average molecular weight is 404 g/mol. The van der Waals surface area contributed by atoms with Crippen LogP contribution in [0.15, 0.2) is 66.7 Å². The zero-order chi connectivity index (χ0) is 21.1. The van der Waals surface area contributed by atoms with Crippen LogP contribution in [0.3, 0.4) is 0 Å². The minimum atomic E-state index is -1.17. The molecule has 0 radical (unpaired) electrons. The maximum atomic E-state index is 11.1. The Morgan fingerprint density at radius 1 is 1.03 bits per heavy atom. The van der Waals surface area contributed by atoms with E-state index >= 15 is 0 Å². The number of carbonyl (C=O) groups is 1. The first-order valence-electron chi connectivity index (χ1n) is 9.64. The van der Waals surface area contributed by atoms with E-state index in [9.17, 15) is 9.82 Å². The van der Waals surface area contributed by atoms with Crippen LogP contribution in [-0.2, 0) is 16.1 Å². The Balaban J connectivity index is 1.50. The maximum absolute atomic E-state index is 11.1. The summed E-state index contributed by atoms with van der Waals surface area (Å²) in [5.74, 6) is 0.826. The summed E-state index contributed by atoms with van der Waals surface area (Å²) in [4.78, 5) is 11.1. The van der Waals surface area contributed by atoms with Crippen LogP contribution in [0.5, 0.6) is 17.2 Å². The summed E-state index contributed by atoms with van der Waals surface area (Å²) in [6.45, 7) is 2.30. The van der Waals surface area contributed by atoms with E-state index in [0.717, 1.165) is 11.1 Å². The van der Waals surface area contributed by atoms with E-state index in [1.807, 2.05) is 61.5 Å². The van der Waals surface area contributed by atoms with Gasteiger partial charge in [-0.25, -0.2) is 0 Å². The van der Waals surface area contributed by atoms with Crippen LogP contribution < -0.4 is 14.9 Å². The molecule has 0 saturated carbocycles. The summed E-state index contributed by atoms with van der Waals surface area (Å²) < 4.78 is 17.2. The normalized spacial score (nSPS) is 15.0. The highest BCUT2D eigenvalue weighted by molar-refractivity contribution is 6.62. The lowest BCUT2D eigenvalue weighted by atomic mass is 9.77. The van der Waals surface area contributed by atoms with Crippen molar-refractivity contribution in [1.29, 1.82) is 0 Å². The quantitative estimate of drug-likeness (QED) is 0.586. The second kappa shape index (κ2) is 8.61. The van der Waals surface area contributed by atoms with Gasteiger partial charge >= 0.3 is 13.1 Å². The van der Waals surface area contributed by atoms with Crippen molar-refractivity contribution in [1.82, 2.24) is 0 Å². The molecule has 1 aliphatic rings. The van der Waals surface area contributed by atoms with Gasteiger partial charge in [0.2, 0.25) is 0 Å². The number of hydrogen-bond donors (Lipinski definition) is 2.